The zero-order valence-corrected chi connectivity index (χ0v) is 16.6. The van der Waals surface area contributed by atoms with E-state index in [4.69, 9.17) is 16.3 Å². The number of likely N-dealkylation sites (tertiary alicyclic amines) is 1. The highest BCUT2D eigenvalue weighted by molar-refractivity contribution is 6.30. The van der Waals surface area contributed by atoms with Gasteiger partial charge in [-0.05, 0) is 36.1 Å². The second kappa shape index (κ2) is 7.26. The normalized spacial score (nSPS) is 18.6. The molecule has 1 spiro atoms. The molecule has 0 aliphatic carbocycles. The summed E-state index contributed by atoms with van der Waals surface area (Å²) >= 11 is 6.22. The fourth-order valence-corrected chi connectivity index (χ4v) is 4.16. The Kier molecular flexibility index (Phi) is 4.97. The molecular weight excluding hydrogens is 364 g/mol. The van der Waals surface area contributed by atoms with E-state index in [1.165, 1.54) is 11.1 Å². The van der Waals surface area contributed by atoms with Crippen LogP contribution >= 0.6 is 11.6 Å². The van der Waals surface area contributed by atoms with E-state index in [1.807, 2.05) is 18.5 Å². The second-order valence-corrected chi connectivity index (χ2v) is 8.13. The molecule has 2 aromatic rings. The van der Waals surface area contributed by atoms with Gasteiger partial charge < -0.3 is 9.64 Å². The Morgan fingerprint density at radius 2 is 2.11 bits per heavy atom. The van der Waals surface area contributed by atoms with Crippen LogP contribution in [0.3, 0.4) is 0 Å². The van der Waals surface area contributed by atoms with Gasteiger partial charge in [0.2, 0.25) is 5.91 Å². The average Bonchev–Trinajstić information content (AvgIpc) is 3.22. The summed E-state index contributed by atoms with van der Waals surface area (Å²) in [5.74, 6) is 0.0419. The highest BCUT2D eigenvalue weighted by atomic mass is 35.5. The average molecular weight is 389 g/mol. The largest absolute Gasteiger partial charge is 0.365 e. The third-order valence-electron chi connectivity index (χ3n) is 5.62. The molecule has 0 saturated carbocycles. The molecule has 4 rings (SSSR count). The number of hydrogen-bond donors (Lipinski definition) is 0. The number of halogens is 1. The number of benzene rings is 1. The molecule has 1 amide bonds. The van der Waals surface area contributed by atoms with Crippen molar-refractivity contribution in [2.45, 2.75) is 38.1 Å². The van der Waals surface area contributed by atoms with E-state index in [-0.39, 0.29) is 18.1 Å². The molecule has 2 aliphatic heterocycles. The molecule has 1 fully saturated rings. The minimum Gasteiger partial charge on any atom is -0.365 e. The molecule has 0 atom stereocenters. The minimum atomic E-state index is -0.182. The fourth-order valence-electron chi connectivity index (χ4n) is 3.99. The summed E-state index contributed by atoms with van der Waals surface area (Å²) in [5, 5.41) is 5.10. The lowest BCUT2D eigenvalue weighted by atomic mass is 9.84. The molecular formula is C20H25ClN4O2. The highest BCUT2D eigenvalue weighted by Crippen LogP contribution is 2.45. The number of ether oxygens (including phenoxy) is 1. The van der Waals surface area contributed by atoms with Crippen LogP contribution in [0.1, 0.15) is 29.5 Å². The predicted molar refractivity (Wildman–Crippen MR) is 103 cm³/mol. The second-order valence-electron chi connectivity index (χ2n) is 7.69. The van der Waals surface area contributed by atoms with Crippen LogP contribution in [0.2, 0.25) is 5.02 Å². The molecule has 1 saturated heterocycles. The first-order chi connectivity index (χ1) is 12.9. The van der Waals surface area contributed by atoms with E-state index in [9.17, 15) is 4.79 Å². The van der Waals surface area contributed by atoms with Gasteiger partial charge in [-0.1, -0.05) is 17.7 Å². The van der Waals surface area contributed by atoms with Crippen molar-refractivity contribution in [3.05, 3.63) is 52.3 Å². The topological polar surface area (TPSA) is 50.6 Å². The number of likely N-dealkylation sites (N-methyl/N-ethyl adjacent to an activating group) is 1. The summed E-state index contributed by atoms with van der Waals surface area (Å²) < 4.78 is 7.94. The van der Waals surface area contributed by atoms with Crippen molar-refractivity contribution in [2.24, 2.45) is 0 Å². The SMILES string of the molecule is CN(C)C(=O)Cn1cc(CN2CCC3(CC2)OCc2ccc(Cl)cc23)cn1. The Morgan fingerprint density at radius 1 is 1.33 bits per heavy atom. The first-order valence-corrected chi connectivity index (χ1v) is 9.70. The van der Waals surface area contributed by atoms with Gasteiger partial charge in [-0.25, -0.2) is 0 Å². The quantitative estimate of drug-likeness (QED) is 0.808. The Morgan fingerprint density at radius 3 is 2.85 bits per heavy atom. The number of hydrogen-bond acceptors (Lipinski definition) is 4. The molecule has 2 aliphatic rings. The van der Waals surface area contributed by atoms with Gasteiger partial charge in [0.1, 0.15) is 6.54 Å². The Labute approximate surface area is 164 Å². The maximum atomic E-state index is 11.8. The molecule has 6 nitrogen and oxygen atoms in total. The van der Waals surface area contributed by atoms with Crippen molar-refractivity contribution in [3.63, 3.8) is 0 Å². The summed E-state index contributed by atoms with van der Waals surface area (Å²) in [6.45, 7) is 3.73. The van der Waals surface area contributed by atoms with Crippen molar-refractivity contribution in [1.29, 1.82) is 0 Å². The van der Waals surface area contributed by atoms with Crippen LogP contribution < -0.4 is 0 Å². The van der Waals surface area contributed by atoms with Gasteiger partial charge in [0.15, 0.2) is 0 Å². The molecule has 0 unspecified atom stereocenters. The van der Waals surface area contributed by atoms with Gasteiger partial charge in [-0.2, -0.15) is 5.10 Å². The number of fused-ring (bicyclic) bond motifs is 2. The smallest absolute Gasteiger partial charge is 0.243 e. The van der Waals surface area contributed by atoms with Crippen LogP contribution in [0, 0.1) is 0 Å². The number of carbonyl (C=O) groups is 1. The van der Waals surface area contributed by atoms with E-state index in [2.05, 4.69) is 22.1 Å². The minimum absolute atomic E-state index is 0.0419. The van der Waals surface area contributed by atoms with Crippen LogP contribution in [-0.2, 0) is 34.8 Å². The molecule has 7 heteroatoms. The summed E-state index contributed by atoms with van der Waals surface area (Å²) in [7, 11) is 3.51. The van der Waals surface area contributed by atoms with E-state index in [1.54, 1.807) is 23.7 Å². The van der Waals surface area contributed by atoms with Gasteiger partial charge in [0.05, 0.1) is 18.4 Å². The fraction of sp³-hybridized carbons (Fsp3) is 0.500. The van der Waals surface area contributed by atoms with E-state index < -0.39 is 0 Å². The molecule has 1 aromatic heterocycles. The van der Waals surface area contributed by atoms with Crippen LogP contribution in [0.25, 0.3) is 0 Å². The van der Waals surface area contributed by atoms with E-state index in [0.717, 1.165) is 43.1 Å². The Bertz CT molecular complexity index is 840. The van der Waals surface area contributed by atoms with Crippen molar-refractivity contribution in [1.82, 2.24) is 19.6 Å². The van der Waals surface area contributed by atoms with E-state index in [0.29, 0.717) is 6.61 Å². The molecule has 1 aromatic carbocycles. The van der Waals surface area contributed by atoms with Crippen molar-refractivity contribution in [2.75, 3.05) is 27.2 Å². The number of rotatable bonds is 4. The van der Waals surface area contributed by atoms with Crippen LogP contribution in [0.4, 0.5) is 0 Å². The van der Waals surface area contributed by atoms with Gasteiger partial charge in [0.25, 0.3) is 0 Å². The number of piperidine rings is 1. The zero-order valence-electron chi connectivity index (χ0n) is 15.8. The van der Waals surface area contributed by atoms with Crippen molar-refractivity contribution >= 4 is 17.5 Å². The summed E-state index contributed by atoms with van der Waals surface area (Å²) in [6, 6.07) is 6.10. The zero-order chi connectivity index (χ0) is 19.0. The third-order valence-corrected chi connectivity index (χ3v) is 5.85. The van der Waals surface area contributed by atoms with E-state index >= 15 is 0 Å². The Balaban J connectivity index is 1.37. The highest BCUT2D eigenvalue weighted by Gasteiger charge is 2.42. The maximum Gasteiger partial charge on any atom is 0.243 e. The number of carbonyl (C=O) groups excluding carboxylic acids is 1. The molecule has 3 heterocycles. The number of amides is 1. The number of aromatic nitrogens is 2. The molecule has 27 heavy (non-hydrogen) atoms. The van der Waals surface area contributed by atoms with Crippen LogP contribution in [0.5, 0.6) is 0 Å². The molecule has 0 N–H and O–H groups in total. The first-order valence-electron chi connectivity index (χ1n) is 9.32. The lowest BCUT2D eigenvalue weighted by molar-refractivity contribution is -0.129. The molecule has 0 bridgehead atoms. The summed E-state index contributed by atoms with van der Waals surface area (Å²) in [5.41, 5.74) is 3.48. The van der Waals surface area contributed by atoms with Crippen molar-refractivity contribution < 1.29 is 9.53 Å². The van der Waals surface area contributed by atoms with Crippen LogP contribution in [-0.4, -0.2) is 52.7 Å². The van der Waals surface area contributed by atoms with Crippen molar-refractivity contribution in [3.8, 4) is 0 Å². The maximum absolute atomic E-state index is 11.8. The van der Waals surface area contributed by atoms with Gasteiger partial charge in [-0.15, -0.1) is 0 Å². The summed E-state index contributed by atoms with van der Waals surface area (Å²) in [4.78, 5) is 15.8. The standard InChI is InChI=1S/C20H25ClN4O2/c1-23(2)19(26)13-25-12-15(10-22-25)11-24-7-5-20(6-8-24)18-9-17(21)4-3-16(18)14-27-20/h3-4,9-10,12H,5-8,11,13-14H2,1-2H3. The van der Waals surface area contributed by atoms with Gasteiger partial charge in [0, 0.05) is 50.5 Å². The predicted octanol–water partition coefficient (Wildman–Crippen LogP) is 2.65. The monoisotopic (exact) mass is 388 g/mol. The Hall–Kier alpha value is -1.89. The molecule has 144 valence electrons. The van der Waals surface area contributed by atoms with Crippen LogP contribution in [0.15, 0.2) is 30.6 Å². The lowest BCUT2D eigenvalue weighted by Crippen LogP contribution is -2.42. The number of nitrogens with zero attached hydrogens (tertiary/aromatic N) is 4. The third kappa shape index (κ3) is 3.74. The molecule has 0 radical (unpaired) electrons. The van der Waals surface area contributed by atoms with Gasteiger partial charge in [-0.3, -0.25) is 14.4 Å². The van der Waals surface area contributed by atoms with Gasteiger partial charge >= 0.3 is 0 Å². The summed E-state index contributed by atoms with van der Waals surface area (Å²) in [6.07, 6.45) is 5.75. The first kappa shape index (κ1) is 18.5. The lowest BCUT2D eigenvalue weighted by Gasteiger charge is -2.39.